The predicted molar refractivity (Wildman–Crippen MR) is 83.1 cm³/mol. The predicted octanol–water partition coefficient (Wildman–Crippen LogP) is 3.78. The number of ether oxygens (including phenoxy) is 2. The number of carbonyl (C=O) groups excluding carboxylic acids is 2. The monoisotopic (exact) mass is 304 g/mol. The average Bonchev–Trinajstić information content (AvgIpc) is 2.55. The van der Waals surface area contributed by atoms with Crippen LogP contribution < -0.4 is 0 Å². The van der Waals surface area contributed by atoms with Crippen molar-refractivity contribution in [3.05, 3.63) is 35.9 Å². The maximum atomic E-state index is 11.7. The summed E-state index contributed by atoms with van der Waals surface area (Å²) in [5, 5.41) is 0. The van der Waals surface area contributed by atoms with E-state index in [-0.39, 0.29) is 37.5 Å². The Kier molecular flexibility index (Phi) is 6.94. The summed E-state index contributed by atoms with van der Waals surface area (Å²) in [5.41, 5.74) is 0.965. The summed E-state index contributed by atoms with van der Waals surface area (Å²) in [6.07, 6.45) is 6.60. The van der Waals surface area contributed by atoms with Crippen LogP contribution in [0.4, 0.5) is 0 Å². The Bertz CT molecular complexity index is 463. The lowest BCUT2D eigenvalue weighted by Crippen LogP contribution is -2.20. The topological polar surface area (TPSA) is 52.6 Å². The first-order chi connectivity index (χ1) is 10.7. The van der Waals surface area contributed by atoms with E-state index in [1.165, 1.54) is 6.42 Å². The number of carbonyl (C=O) groups is 2. The van der Waals surface area contributed by atoms with E-state index in [1.54, 1.807) is 0 Å². The standard InChI is InChI=1S/C18H24O4/c19-17(21-14-15-8-3-1-4-9-15)12-7-13-18(20)22-16-10-5-2-6-11-16/h1,3-4,8-9,16H,2,5-7,10-14H2. The molecule has 1 aromatic rings. The minimum absolute atomic E-state index is 0.0892. The van der Waals surface area contributed by atoms with E-state index in [4.69, 9.17) is 9.47 Å². The van der Waals surface area contributed by atoms with Crippen molar-refractivity contribution >= 4 is 11.9 Å². The molecule has 4 nitrogen and oxygen atoms in total. The smallest absolute Gasteiger partial charge is 0.306 e. The average molecular weight is 304 g/mol. The molecule has 0 heterocycles. The highest BCUT2D eigenvalue weighted by Gasteiger charge is 2.17. The van der Waals surface area contributed by atoms with Crippen LogP contribution in [0.2, 0.25) is 0 Å². The highest BCUT2D eigenvalue weighted by molar-refractivity contribution is 5.72. The summed E-state index contributed by atoms with van der Waals surface area (Å²) in [7, 11) is 0. The van der Waals surface area contributed by atoms with Crippen LogP contribution in [-0.2, 0) is 25.7 Å². The normalized spacial score (nSPS) is 15.3. The molecule has 2 rings (SSSR count). The quantitative estimate of drug-likeness (QED) is 0.719. The van der Waals surface area contributed by atoms with Crippen LogP contribution in [0.3, 0.4) is 0 Å². The van der Waals surface area contributed by atoms with Gasteiger partial charge in [0.1, 0.15) is 12.7 Å². The van der Waals surface area contributed by atoms with Crippen molar-refractivity contribution in [2.45, 2.75) is 64.1 Å². The fourth-order valence-corrected chi connectivity index (χ4v) is 2.62. The van der Waals surface area contributed by atoms with Crippen LogP contribution in [0.25, 0.3) is 0 Å². The van der Waals surface area contributed by atoms with Gasteiger partial charge in [-0.2, -0.15) is 0 Å². The molecule has 0 N–H and O–H groups in total. The molecule has 0 atom stereocenters. The Morgan fingerprint density at radius 1 is 0.955 bits per heavy atom. The van der Waals surface area contributed by atoms with Crippen LogP contribution in [0.5, 0.6) is 0 Å². The van der Waals surface area contributed by atoms with Gasteiger partial charge in [-0.05, 0) is 37.7 Å². The molecule has 0 unspecified atom stereocenters. The summed E-state index contributed by atoms with van der Waals surface area (Å²) in [6.45, 7) is 0.284. The molecule has 0 radical (unpaired) electrons. The highest BCUT2D eigenvalue weighted by Crippen LogP contribution is 2.20. The first-order valence-electron chi connectivity index (χ1n) is 8.13. The van der Waals surface area contributed by atoms with Gasteiger partial charge in [-0.3, -0.25) is 9.59 Å². The molecule has 1 saturated carbocycles. The molecule has 22 heavy (non-hydrogen) atoms. The summed E-state index contributed by atoms with van der Waals surface area (Å²) in [6, 6.07) is 9.56. The molecule has 0 bridgehead atoms. The van der Waals surface area contributed by atoms with Crippen LogP contribution >= 0.6 is 0 Å². The van der Waals surface area contributed by atoms with E-state index in [0.717, 1.165) is 31.2 Å². The summed E-state index contributed by atoms with van der Waals surface area (Å²) in [5.74, 6) is -0.461. The van der Waals surface area contributed by atoms with Gasteiger partial charge in [0.25, 0.3) is 0 Å². The summed E-state index contributed by atoms with van der Waals surface area (Å²) < 4.78 is 10.6. The molecular weight excluding hydrogens is 280 g/mol. The first-order valence-corrected chi connectivity index (χ1v) is 8.13. The number of hydrogen-bond acceptors (Lipinski definition) is 4. The second-order valence-corrected chi connectivity index (χ2v) is 5.75. The zero-order valence-electron chi connectivity index (χ0n) is 13.0. The Labute approximate surface area is 131 Å². The molecule has 1 fully saturated rings. The molecule has 0 amide bonds. The number of hydrogen-bond donors (Lipinski definition) is 0. The van der Waals surface area contributed by atoms with Crippen molar-refractivity contribution in [3.8, 4) is 0 Å². The third kappa shape index (κ3) is 6.29. The van der Waals surface area contributed by atoms with E-state index in [9.17, 15) is 9.59 Å². The van der Waals surface area contributed by atoms with Gasteiger partial charge in [0.2, 0.25) is 0 Å². The molecule has 0 spiro atoms. The minimum Gasteiger partial charge on any atom is -0.462 e. The molecule has 0 aliphatic heterocycles. The fraction of sp³-hybridized carbons (Fsp3) is 0.556. The third-order valence-electron chi connectivity index (χ3n) is 3.85. The van der Waals surface area contributed by atoms with Gasteiger partial charge < -0.3 is 9.47 Å². The van der Waals surface area contributed by atoms with Crippen LogP contribution in [0, 0.1) is 0 Å². The SMILES string of the molecule is O=C(CCCC(=O)OC1CCCCC1)OCc1ccccc1. The van der Waals surface area contributed by atoms with E-state index in [0.29, 0.717) is 6.42 Å². The molecule has 1 aliphatic rings. The Morgan fingerprint density at radius 3 is 2.36 bits per heavy atom. The zero-order valence-corrected chi connectivity index (χ0v) is 13.0. The Hall–Kier alpha value is -1.84. The molecule has 0 saturated heterocycles. The number of rotatable bonds is 7. The Morgan fingerprint density at radius 2 is 1.64 bits per heavy atom. The van der Waals surface area contributed by atoms with Gasteiger partial charge >= 0.3 is 11.9 Å². The van der Waals surface area contributed by atoms with Gasteiger partial charge in [-0.1, -0.05) is 36.8 Å². The maximum Gasteiger partial charge on any atom is 0.306 e. The maximum absolute atomic E-state index is 11.7. The van der Waals surface area contributed by atoms with Gasteiger partial charge in [0, 0.05) is 12.8 Å². The van der Waals surface area contributed by atoms with Crippen molar-refractivity contribution in [1.29, 1.82) is 0 Å². The molecule has 0 aromatic heterocycles. The van der Waals surface area contributed by atoms with Crippen LogP contribution in [0.1, 0.15) is 56.9 Å². The molecule has 4 heteroatoms. The van der Waals surface area contributed by atoms with Crippen LogP contribution in [-0.4, -0.2) is 18.0 Å². The zero-order chi connectivity index (χ0) is 15.6. The number of esters is 2. The van der Waals surface area contributed by atoms with Gasteiger partial charge in [-0.15, -0.1) is 0 Å². The largest absolute Gasteiger partial charge is 0.462 e. The van der Waals surface area contributed by atoms with E-state index >= 15 is 0 Å². The third-order valence-corrected chi connectivity index (χ3v) is 3.85. The summed E-state index contributed by atoms with van der Waals surface area (Å²) >= 11 is 0. The van der Waals surface area contributed by atoms with Crippen molar-refractivity contribution in [1.82, 2.24) is 0 Å². The lowest BCUT2D eigenvalue weighted by Gasteiger charge is -2.21. The number of benzene rings is 1. The molecular formula is C18H24O4. The van der Waals surface area contributed by atoms with Gasteiger partial charge in [-0.25, -0.2) is 0 Å². The second-order valence-electron chi connectivity index (χ2n) is 5.75. The van der Waals surface area contributed by atoms with Crippen LogP contribution in [0.15, 0.2) is 30.3 Å². The van der Waals surface area contributed by atoms with Crippen molar-refractivity contribution < 1.29 is 19.1 Å². The lowest BCUT2D eigenvalue weighted by molar-refractivity contribution is -0.151. The first kappa shape index (κ1) is 16.5. The van der Waals surface area contributed by atoms with Gasteiger partial charge in [0.15, 0.2) is 0 Å². The van der Waals surface area contributed by atoms with E-state index in [2.05, 4.69) is 0 Å². The van der Waals surface area contributed by atoms with Crippen molar-refractivity contribution in [3.63, 3.8) is 0 Å². The van der Waals surface area contributed by atoms with Crippen molar-refractivity contribution in [2.75, 3.05) is 0 Å². The van der Waals surface area contributed by atoms with Gasteiger partial charge in [0.05, 0.1) is 0 Å². The Balaban J connectivity index is 1.55. The lowest BCUT2D eigenvalue weighted by atomic mass is 9.98. The minimum atomic E-state index is -0.269. The fourth-order valence-electron chi connectivity index (χ4n) is 2.62. The van der Waals surface area contributed by atoms with E-state index in [1.807, 2.05) is 30.3 Å². The summed E-state index contributed by atoms with van der Waals surface area (Å²) in [4.78, 5) is 23.3. The molecule has 120 valence electrons. The molecule has 1 aliphatic carbocycles. The van der Waals surface area contributed by atoms with E-state index < -0.39 is 0 Å². The highest BCUT2D eigenvalue weighted by atomic mass is 16.5. The molecule has 1 aromatic carbocycles. The van der Waals surface area contributed by atoms with Crippen molar-refractivity contribution in [2.24, 2.45) is 0 Å². The second kappa shape index (κ2) is 9.23.